The van der Waals surface area contributed by atoms with Crippen molar-refractivity contribution < 1.29 is 14.3 Å². The third-order valence-electron chi connectivity index (χ3n) is 1.19. The number of imide groups is 1. The number of amides is 3. The first-order chi connectivity index (χ1) is 5.99. The molecule has 0 aromatic heterocycles. The lowest BCUT2D eigenvalue weighted by molar-refractivity contribution is 0.112. The molecule has 0 saturated carbocycles. The molecule has 0 spiro atoms. The first kappa shape index (κ1) is 11.7. The number of nitrogens with two attached hydrogens (primary N) is 2. The quantitative estimate of drug-likeness (QED) is 0.465. The maximum Gasteiger partial charge on any atom is 0.417 e. The summed E-state index contributed by atoms with van der Waals surface area (Å²) in [6.45, 7) is -0.125. The van der Waals surface area contributed by atoms with Crippen LogP contribution in [0.1, 0.15) is 0 Å². The van der Waals surface area contributed by atoms with Gasteiger partial charge in [-0.25, -0.2) is 14.5 Å². The molecule has 0 saturated heterocycles. The van der Waals surface area contributed by atoms with Crippen LogP contribution in [0.5, 0.6) is 0 Å². The van der Waals surface area contributed by atoms with Crippen LogP contribution < -0.4 is 16.8 Å². The minimum absolute atomic E-state index is 0.125. The van der Waals surface area contributed by atoms with Crippen LogP contribution in [0.2, 0.25) is 0 Å². The molecular formula is C6H14N4O3. The molecule has 0 aliphatic rings. The van der Waals surface area contributed by atoms with Gasteiger partial charge in [0.25, 0.3) is 0 Å². The van der Waals surface area contributed by atoms with E-state index < -0.39 is 18.3 Å². The summed E-state index contributed by atoms with van der Waals surface area (Å²) in [6.07, 6.45) is -1.53. The summed E-state index contributed by atoms with van der Waals surface area (Å²) < 4.78 is 4.56. The van der Waals surface area contributed by atoms with Crippen LogP contribution >= 0.6 is 0 Å². The molecule has 7 nitrogen and oxygen atoms in total. The molecule has 0 radical (unpaired) electrons. The van der Waals surface area contributed by atoms with Crippen molar-refractivity contribution in [3.63, 3.8) is 0 Å². The SMILES string of the molecule is CNC(=O)N(C)C(=O)OCC(N)N. The number of carbonyl (C=O) groups excluding carboxylic acids is 2. The van der Waals surface area contributed by atoms with E-state index in [1.165, 1.54) is 14.1 Å². The van der Waals surface area contributed by atoms with E-state index >= 15 is 0 Å². The van der Waals surface area contributed by atoms with Gasteiger partial charge in [-0.05, 0) is 0 Å². The summed E-state index contributed by atoms with van der Waals surface area (Å²) in [7, 11) is 2.68. The Morgan fingerprint density at radius 2 is 2.08 bits per heavy atom. The fraction of sp³-hybridized carbons (Fsp3) is 0.667. The van der Waals surface area contributed by atoms with Crippen molar-refractivity contribution in [3.05, 3.63) is 0 Å². The molecule has 0 unspecified atom stereocenters. The van der Waals surface area contributed by atoms with Gasteiger partial charge in [-0.1, -0.05) is 0 Å². The summed E-state index contributed by atoms with van der Waals surface area (Å²) in [5, 5.41) is 2.26. The van der Waals surface area contributed by atoms with E-state index in [1.807, 2.05) is 0 Å². The Kier molecular flexibility index (Phi) is 4.78. The molecular weight excluding hydrogens is 176 g/mol. The highest BCUT2D eigenvalue weighted by Gasteiger charge is 2.16. The first-order valence-corrected chi connectivity index (χ1v) is 3.62. The molecule has 3 amide bonds. The molecule has 0 bridgehead atoms. The van der Waals surface area contributed by atoms with Crippen LogP contribution in [-0.4, -0.2) is 43.9 Å². The summed E-state index contributed by atoms with van der Waals surface area (Å²) in [6, 6.07) is -0.560. The van der Waals surface area contributed by atoms with Crippen molar-refractivity contribution in [3.8, 4) is 0 Å². The maximum absolute atomic E-state index is 11.0. The predicted molar refractivity (Wildman–Crippen MR) is 45.7 cm³/mol. The minimum atomic E-state index is -0.791. The van der Waals surface area contributed by atoms with Gasteiger partial charge in [0.2, 0.25) is 0 Å². The summed E-state index contributed by atoms with van der Waals surface area (Å²) in [5.74, 6) is 0. The van der Waals surface area contributed by atoms with Crippen molar-refractivity contribution in [2.45, 2.75) is 6.17 Å². The summed E-state index contributed by atoms with van der Waals surface area (Å²) in [5.41, 5.74) is 10.3. The second-order valence-electron chi connectivity index (χ2n) is 2.35. The van der Waals surface area contributed by atoms with E-state index in [2.05, 4.69) is 10.1 Å². The van der Waals surface area contributed by atoms with Gasteiger partial charge in [-0.15, -0.1) is 0 Å². The molecule has 0 fully saturated rings. The van der Waals surface area contributed by atoms with E-state index in [0.29, 0.717) is 0 Å². The fourth-order valence-corrected chi connectivity index (χ4v) is 0.515. The van der Waals surface area contributed by atoms with Crippen LogP contribution in [-0.2, 0) is 4.74 Å². The Hall–Kier alpha value is -1.34. The van der Waals surface area contributed by atoms with Crippen LogP contribution in [0.25, 0.3) is 0 Å². The number of nitrogens with zero attached hydrogens (tertiary/aromatic N) is 1. The lowest BCUT2D eigenvalue weighted by Crippen LogP contribution is -2.43. The van der Waals surface area contributed by atoms with Gasteiger partial charge in [0, 0.05) is 14.1 Å². The standard InChI is InChI=1S/C6H14N4O3/c1-9-5(11)10(2)6(12)13-3-4(7)8/h4H,3,7-8H2,1-2H3,(H,9,11). The number of hydrogen-bond acceptors (Lipinski definition) is 5. The zero-order valence-electron chi connectivity index (χ0n) is 7.61. The monoisotopic (exact) mass is 190 g/mol. The van der Waals surface area contributed by atoms with Crippen molar-refractivity contribution in [1.29, 1.82) is 0 Å². The molecule has 76 valence electrons. The number of hydrogen-bond donors (Lipinski definition) is 3. The molecule has 5 N–H and O–H groups in total. The maximum atomic E-state index is 11.0. The van der Waals surface area contributed by atoms with Crippen molar-refractivity contribution >= 4 is 12.1 Å². The zero-order valence-corrected chi connectivity index (χ0v) is 7.61. The fourth-order valence-electron chi connectivity index (χ4n) is 0.515. The molecule has 7 heteroatoms. The molecule has 13 heavy (non-hydrogen) atoms. The molecule has 0 rings (SSSR count). The van der Waals surface area contributed by atoms with Gasteiger partial charge in [0.1, 0.15) is 6.61 Å². The van der Waals surface area contributed by atoms with E-state index in [1.54, 1.807) is 0 Å². The third kappa shape index (κ3) is 4.28. The smallest absolute Gasteiger partial charge is 0.417 e. The lowest BCUT2D eigenvalue weighted by Gasteiger charge is -2.15. The molecule has 0 atom stereocenters. The number of urea groups is 1. The lowest BCUT2D eigenvalue weighted by atomic mass is 10.6. The second-order valence-corrected chi connectivity index (χ2v) is 2.35. The molecule has 0 aromatic carbocycles. The molecule has 0 aromatic rings. The van der Waals surface area contributed by atoms with E-state index in [9.17, 15) is 9.59 Å². The highest BCUT2D eigenvalue weighted by molar-refractivity contribution is 5.90. The van der Waals surface area contributed by atoms with Crippen LogP contribution in [0.4, 0.5) is 9.59 Å². The highest BCUT2D eigenvalue weighted by atomic mass is 16.6. The predicted octanol–water partition coefficient (Wildman–Crippen LogP) is -1.36. The third-order valence-corrected chi connectivity index (χ3v) is 1.19. The Morgan fingerprint density at radius 1 is 1.54 bits per heavy atom. The average molecular weight is 190 g/mol. The largest absolute Gasteiger partial charge is 0.446 e. The number of ether oxygens (including phenoxy) is 1. The van der Waals surface area contributed by atoms with Gasteiger partial charge in [-0.3, -0.25) is 0 Å². The van der Waals surface area contributed by atoms with Crippen molar-refractivity contribution in [2.75, 3.05) is 20.7 Å². The van der Waals surface area contributed by atoms with Crippen molar-refractivity contribution in [2.24, 2.45) is 11.5 Å². The molecule has 0 aliphatic heterocycles. The zero-order chi connectivity index (χ0) is 10.4. The Balaban J connectivity index is 3.90. The second kappa shape index (κ2) is 5.33. The first-order valence-electron chi connectivity index (χ1n) is 3.62. The number of nitrogens with one attached hydrogen (secondary N) is 1. The Bertz CT molecular complexity index is 194. The van der Waals surface area contributed by atoms with Crippen molar-refractivity contribution in [1.82, 2.24) is 10.2 Å². The molecule has 0 aliphatic carbocycles. The number of rotatable bonds is 2. The Morgan fingerprint density at radius 3 is 2.46 bits per heavy atom. The van der Waals surface area contributed by atoms with E-state index in [-0.39, 0.29) is 6.61 Å². The highest BCUT2D eigenvalue weighted by Crippen LogP contribution is 1.90. The van der Waals surface area contributed by atoms with Crippen LogP contribution in [0.3, 0.4) is 0 Å². The summed E-state index contributed by atoms with van der Waals surface area (Å²) in [4.78, 5) is 22.6. The number of carbonyl (C=O) groups is 2. The van der Waals surface area contributed by atoms with Gasteiger partial charge < -0.3 is 21.5 Å². The summed E-state index contributed by atoms with van der Waals surface area (Å²) >= 11 is 0. The topological polar surface area (TPSA) is 111 Å². The van der Waals surface area contributed by atoms with Gasteiger partial charge in [-0.2, -0.15) is 0 Å². The van der Waals surface area contributed by atoms with E-state index in [0.717, 1.165) is 4.90 Å². The van der Waals surface area contributed by atoms with Gasteiger partial charge in [0.05, 0.1) is 6.17 Å². The average Bonchev–Trinajstić information content (AvgIpc) is 2.11. The van der Waals surface area contributed by atoms with E-state index in [4.69, 9.17) is 11.5 Å². The minimum Gasteiger partial charge on any atom is -0.446 e. The molecule has 0 heterocycles. The van der Waals surface area contributed by atoms with Gasteiger partial charge >= 0.3 is 12.1 Å². The van der Waals surface area contributed by atoms with Crippen LogP contribution in [0.15, 0.2) is 0 Å². The normalized spacial score (nSPS) is 9.62. The van der Waals surface area contributed by atoms with Gasteiger partial charge in [0.15, 0.2) is 0 Å². The Labute approximate surface area is 76.0 Å². The van der Waals surface area contributed by atoms with Crippen LogP contribution in [0, 0.1) is 0 Å².